The summed E-state index contributed by atoms with van der Waals surface area (Å²) >= 11 is 1.65. The summed E-state index contributed by atoms with van der Waals surface area (Å²) in [5, 5.41) is 11.3. The Bertz CT molecular complexity index is 743. The molecule has 3 heterocycles. The average Bonchev–Trinajstić information content (AvgIpc) is 3.29. The quantitative estimate of drug-likeness (QED) is 0.717. The molecule has 0 saturated carbocycles. The van der Waals surface area contributed by atoms with Crippen LogP contribution in [0.15, 0.2) is 53.9 Å². The third-order valence-corrected chi connectivity index (χ3v) is 4.50. The smallest absolute Gasteiger partial charge is 0.222 e. The Labute approximate surface area is 144 Å². The number of amides is 1. The lowest BCUT2D eigenvalue weighted by molar-refractivity contribution is -0.122. The normalized spacial score (nSPS) is 13.4. The third-order valence-electron chi connectivity index (χ3n) is 3.77. The van der Waals surface area contributed by atoms with Gasteiger partial charge < -0.3 is 5.32 Å². The molecule has 2 atom stereocenters. The van der Waals surface area contributed by atoms with Gasteiger partial charge in [-0.15, -0.1) is 0 Å². The zero-order valence-electron chi connectivity index (χ0n) is 13.4. The second-order valence-corrected chi connectivity index (χ2v) is 6.42. The van der Waals surface area contributed by atoms with Crippen molar-refractivity contribution in [2.75, 3.05) is 0 Å². The molecule has 1 amide bonds. The summed E-state index contributed by atoms with van der Waals surface area (Å²) in [5.74, 6) is -0.0242. The molecule has 1 N–H and O–H groups in total. The summed E-state index contributed by atoms with van der Waals surface area (Å²) in [6.07, 6.45) is 5.92. The number of nitrogens with one attached hydrogen (secondary N) is 1. The van der Waals surface area contributed by atoms with E-state index in [0.717, 1.165) is 12.1 Å². The fourth-order valence-electron chi connectivity index (χ4n) is 2.52. The minimum atomic E-state index is -0.142. The van der Waals surface area contributed by atoms with Gasteiger partial charge >= 0.3 is 0 Å². The van der Waals surface area contributed by atoms with Crippen molar-refractivity contribution in [2.45, 2.75) is 31.8 Å². The standard InChI is InChI=1S/C17H19N5OS/c1-13(22-12-18-11-20-22)8-17(23)21-16(9-14-5-7-24-10-14)15-4-2-3-6-19-15/h2-7,10-13,16H,8-9H2,1H3,(H,21,23). The summed E-state index contributed by atoms with van der Waals surface area (Å²) in [6, 6.07) is 7.64. The third kappa shape index (κ3) is 4.26. The van der Waals surface area contributed by atoms with Crippen LogP contribution in [0, 0.1) is 0 Å². The van der Waals surface area contributed by atoms with Crippen LogP contribution in [-0.4, -0.2) is 25.7 Å². The minimum absolute atomic E-state index is 0.0242. The molecule has 3 aromatic heterocycles. The minimum Gasteiger partial charge on any atom is -0.347 e. The topological polar surface area (TPSA) is 72.7 Å². The van der Waals surface area contributed by atoms with E-state index in [0.29, 0.717) is 6.42 Å². The molecule has 24 heavy (non-hydrogen) atoms. The molecule has 0 aliphatic rings. The molecule has 0 aliphatic heterocycles. The van der Waals surface area contributed by atoms with Crippen LogP contribution in [0.5, 0.6) is 0 Å². The van der Waals surface area contributed by atoms with Crippen LogP contribution >= 0.6 is 11.3 Å². The van der Waals surface area contributed by atoms with Gasteiger partial charge in [-0.05, 0) is 47.9 Å². The predicted octanol–water partition coefficient (Wildman–Crippen LogP) is 2.79. The molecule has 0 spiro atoms. The van der Waals surface area contributed by atoms with E-state index in [4.69, 9.17) is 0 Å². The first-order chi connectivity index (χ1) is 11.7. The summed E-state index contributed by atoms with van der Waals surface area (Å²) in [4.78, 5) is 20.8. The van der Waals surface area contributed by atoms with Crippen molar-refractivity contribution in [1.82, 2.24) is 25.1 Å². The first-order valence-corrected chi connectivity index (χ1v) is 8.72. The van der Waals surface area contributed by atoms with E-state index in [1.165, 1.54) is 11.9 Å². The molecule has 0 saturated heterocycles. The molecule has 0 radical (unpaired) electrons. The maximum atomic E-state index is 12.5. The second kappa shape index (κ2) is 7.83. The molecular formula is C17H19N5OS. The first-order valence-electron chi connectivity index (χ1n) is 7.78. The van der Waals surface area contributed by atoms with Crippen molar-refractivity contribution in [3.63, 3.8) is 0 Å². The zero-order valence-corrected chi connectivity index (χ0v) is 14.2. The van der Waals surface area contributed by atoms with Crippen molar-refractivity contribution in [1.29, 1.82) is 0 Å². The highest BCUT2D eigenvalue weighted by molar-refractivity contribution is 7.07. The van der Waals surface area contributed by atoms with Gasteiger partial charge in [0, 0.05) is 12.6 Å². The largest absolute Gasteiger partial charge is 0.347 e. The van der Waals surface area contributed by atoms with Crippen molar-refractivity contribution in [2.24, 2.45) is 0 Å². The fourth-order valence-corrected chi connectivity index (χ4v) is 3.20. The molecule has 0 aromatic carbocycles. The Kier molecular flexibility index (Phi) is 5.32. The molecule has 3 rings (SSSR count). The van der Waals surface area contributed by atoms with Crippen LogP contribution < -0.4 is 5.32 Å². The Morgan fingerprint density at radius 1 is 1.38 bits per heavy atom. The summed E-state index contributed by atoms with van der Waals surface area (Å²) in [6.45, 7) is 1.95. The number of aromatic nitrogens is 4. The predicted molar refractivity (Wildman–Crippen MR) is 92.5 cm³/mol. The SMILES string of the molecule is CC(CC(=O)NC(Cc1ccsc1)c1ccccn1)n1cncn1. The van der Waals surface area contributed by atoms with E-state index in [9.17, 15) is 4.79 Å². The highest BCUT2D eigenvalue weighted by Gasteiger charge is 2.19. The van der Waals surface area contributed by atoms with Crippen LogP contribution in [0.1, 0.15) is 36.7 Å². The monoisotopic (exact) mass is 341 g/mol. The first kappa shape index (κ1) is 16.3. The lowest BCUT2D eigenvalue weighted by Crippen LogP contribution is -2.32. The Morgan fingerprint density at radius 3 is 2.96 bits per heavy atom. The van der Waals surface area contributed by atoms with Crippen molar-refractivity contribution >= 4 is 17.2 Å². The van der Waals surface area contributed by atoms with Crippen LogP contribution in [0.2, 0.25) is 0 Å². The number of rotatable bonds is 7. The Morgan fingerprint density at radius 2 is 2.29 bits per heavy atom. The van der Waals surface area contributed by atoms with Gasteiger partial charge in [-0.2, -0.15) is 16.4 Å². The van der Waals surface area contributed by atoms with Gasteiger partial charge in [0.05, 0.1) is 17.8 Å². The van der Waals surface area contributed by atoms with Gasteiger partial charge in [0.15, 0.2) is 0 Å². The Balaban J connectivity index is 1.68. The number of pyridine rings is 1. The van der Waals surface area contributed by atoms with Gasteiger partial charge in [-0.25, -0.2) is 9.67 Å². The highest BCUT2D eigenvalue weighted by atomic mass is 32.1. The van der Waals surface area contributed by atoms with Gasteiger partial charge in [0.2, 0.25) is 5.91 Å². The van der Waals surface area contributed by atoms with E-state index < -0.39 is 0 Å². The van der Waals surface area contributed by atoms with Gasteiger partial charge in [0.25, 0.3) is 0 Å². The van der Waals surface area contributed by atoms with E-state index in [1.807, 2.05) is 30.5 Å². The van der Waals surface area contributed by atoms with E-state index in [-0.39, 0.29) is 18.0 Å². The van der Waals surface area contributed by atoms with Crippen molar-refractivity contribution in [3.8, 4) is 0 Å². The summed E-state index contributed by atoms with van der Waals surface area (Å²) in [7, 11) is 0. The number of carbonyl (C=O) groups excluding carboxylic acids is 1. The van der Waals surface area contributed by atoms with Crippen LogP contribution in [0.3, 0.4) is 0 Å². The number of thiophene rings is 1. The number of nitrogens with zero attached hydrogens (tertiary/aromatic N) is 4. The molecular weight excluding hydrogens is 322 g/mol. The molecule has 3 aromatic rings. The van der Waals surface area contributed by atoms with Crippen LogP contribution in [-0.2, 0) is 11.2 Å². The number of hydrogen-bond acceptors (Lipinski definition) is 5. The summed E-state index contributed by atoms with van der Waals surface area (Å²) in [5.41, 5.74) is 2.06. The van der Waals surface area contributed by atoms with Gasteiger partial charge in [-0.3, -0.25) is 9.78 Å². The van der Waals surface area contributed by atoms with Gasteiger partial charge in [0.1, 0.15) is 12.7 Å². The lowest BCUT2D eigenvalue weighted by Gasteiger charge is -2.19. The molecule has 124 valence electrons. The Hall–Kier alpha value is -2.54. The van der Waals surface area contributed by atoms with E-state index in [1.54, 1.807) is 28.5 Å². The zero-order chi connectivity index (χ0) is 16.8. The molecule has 7 heteroatoms. The number of hydrogen-bond donors (Lipinski definition) is 1. The highest BCUT2D eigenvalue weighted by Crippen LogP contribution is 2.19. The van der Waals surface area contributed by atoms with E-state index in [2.05, 4.69) is 31.8 Å². The van der Waals surface area contributed by atoms with Gasteiger partial charge in [-0.1, -0.05) is 6.07 Å². The number of carbonyl (C=O) groups is 1. The molecule has 0 fully saturated rings. The van der Waals surface area contributed by atoms with Crippen molar-refractivity contribution < 1.29 is 4.79 Å². The molecule has 6 nitrogen and oxygen atoms in total. The fraction of sp³-hybridized carbons (Fsp3) is 0.294. The second-order valence-electron chi connectivity index (χ2n) is 5.64. The van der Waals surface area contributed by atoms with Crippen LogP contribution in [0.25, 0.3) is 0 Å². The van der Waals surface area contributed by atoms with Crippen molar-refractivity contribution in [3.05, 3.63) is 65.1 Å². The molecule has 2 unspecified atom stereocenters. The maximum absolute atomic E-state index is 12.5. The lowest BCUT2D eigenvalue weighted by atomic mass is 10.0. The maximum Gasteiger partial charge on any atom is 0.222 e. The van der Waals surface area contributed by atoms with E-state index >= 15 is 0 Å². The van der Waals surface area contributed by atoms with Crippen LogP contribution in [0.4, 0.5) is 0 Å². The summed E-state index contributed by atoms with van der Waals surface area (Å²) < 4.78 is 1.69. The molecule has 0 bridgehead atoms. The molecule has 0 aliphatic carbocycles. The average molecular weight is 341 g/mol.